The molecule has 0 aliphatic carbocycles. The highest BCUT2D eigenvalue weighted by Crippen LogP contribution is 2.19. The average molecular weight is 291 g/mol. The van der Waals surface area contributed by atoms with Crippen molar-refractivity contribution in [2.45, 2.75) is 25.9 Å². The number of halogens is 1. The first-order chi connectivity index (χ1) is 9.74. The monoisotopic (exact) mass is 290 g/mol. The lowest BCUT2D eigenvalue weighted by Gasteiger charge is -2.22. The Morgan fingerprint density at radius 1 is 1.45 bits per heavy atom. The number of nitrogens with zero attached hydrogens (tertiary/aromatic N) is 3. The van der Waals surface area contributed by atoms with Gasteiger partial charge in [-0.15, -0.1) is 10.2 Å². The Balaban J connectivity index is 1.59. The van der Waals surface area contributed by atoms with Gasteiger partial charge in [-0.2, -0.15) is 0 Å². The summed E-state index contributed by atoms with van der Waals surface area (Å²) in [5.74, 6) is 0.991. The van der Waals surface area contributed by atoms with Gasteiger partial charge in [-0.25, -0.2) is 0 Å². The third kappa shape index (κ3) is 2.67. The van der Waals surface area contributed by atoms with E-state index in [9.17, 15) is 4.79 Å². The van der Waals surface area contributed by atoms with Crippen molar-refractivity contribution in [1.82, 2.24) is 20.1 Å². The number of benzene rings is 1. The Bertz CT molecular complexity index is 625. The maximum atomic E-state index is 12.2. The normalized spacial score (nSPS) is 17.6. The van der Waals surface area contributed by atoms with E-state index in [0.29, 0.717) is 18.1 Å². The Labute approximate surface area is 122 Å². The zero-order valence-corrected chi connectivity index (χ0v) is 11.7. The first kappa shape index (κ1) is 13.1. The highest BCUT2D eigenvalue weighted by Gasteiger charge is 2.25. The van der Waals surface area contributed by atoms with Crippen LogP contribution in [0.5, 0.6) is 0 Å². The fourth-order valence-electron chi connectivity index (χ4n) is 2.44. The number of amides is 1. The quantitative estimate of drug-likeness (QED) is 0.938. The standard InChI is InChI=1S/C14H15ClN4O/c15-12-4-2-1-3-10(12)7-16-14(20)11-5-6-13-18-17-9-19(13)8-11/h1-4,9,11H,5-8H2,(H,16,20). The number of carbonyl (C=O) groups excluding carboxylic acids is 1. The van der Waals surface area contributed by atoms with Crippen LogP contribution in [0.4, 0.5) is 0 Å². The van der Waals surface area contributed by atoms with Crippen molar-refractivity contribution in [2.24, 2.45) is 5.92 Å². The molecule has 3 rings (SSSR count). The molecule has 2 aromatic rings. The van der Waals surface area contributed by atoms with Crippen LogP contribution in [0.15, 0.2) is 30.6 Å². The molecule has 5 nitrogen and oxygen atoms in total. The number of nitrogens with one attached hydrogen (secondary N) is 1. The summed E-state index contributed by atoms with van der Waals surface area (Å²) < 4.78 is 1.95. The molecule has 1 N–H and O–H groups in total. The van der Waals surface area contributed by atoms with Gasteiger partial charge >= 0.3 is 0 Å². The fourth-order valence-corrected chi connectivity index (χ4v) is 2.64. The fraction of sp³-hybridized carbons (Fsp3) is 0.357. The highest BCUT2D eigenvalue weighted by atomic mass is 35.5. The number of carbonyl (C=O) groups is 1. The van der Waals surface area contributed by atoms with E-state index in [4.69, 9.17) is 11.6 Å². The van der Waals surface area contributed by atoms with Gasteiger partial charge in [0, 0.05) is 24.5 Å². The molecule has 1 aliphatic heterocycles. The number of rotatable bonds is 3. The summed E-state index contributed by atoms with van der Waals surface area (Å²) in [5, 5.41) is 11.5. The van der Waals surface area contributed by atoms with Crippen molar-refractivity contribution >= 4 is 17.5 Å². The van der Waals surface area contributed by atoms with Crippen molar-refractivity contribution in [2.75, 3.05) is 0 Å². The molecule has 104 valence electrons. The lowest BCUT2D eigenvalue weighted by Crippen LogP contribution is -2.35. The molecule has 6 heteroatoms. The summed E-state index contributed by atoms with van der Waals surface area (Å²) in [6.07, 6.45) is 3.29. The molecule has 2 heterocycles. The number of aromatic nitrogens is 3. The molecule has 0 saturated heterocycles. The molecule has 1 atom stereocenters. The number of hydrogen-bond acceptors (Lipinski definition) is 3. The van der Waals surface area contributed by atoms with Crippen LogP contribution < -0.4 is 5.32 Å². The molecule has 0 bridgehead atoms. The van der Waals surface area contributed by atoms with Gasteiger partial charge in [-0.3, -0.25) is 4.79 Å². The Morgan fingerprint density at radius 3 is 3.15 bits per heavy atom. The molecule has 1 aliphatic rings. The van der Waals surface area contributed by atoms with Crippen molar-refractivity contribution in [3.8, 4) is 0 Å². The summed E-state index contributed by atoms with van der Waals surface area (Å²) in [5.41, 5.74) is 0.934. The molecule has 0 spiro atoms. The van der Waals surface area contributed by atoms with E-state index in [1.54, 1.807) is 6.33 Å². The second kappa shape index (κ2) is 5.63. The minimum Gasteiger partial charge on any atom is -0.352 e. The van der Waals surface area contributed by atoms with Crippen LogP contribution in [0.3, 0.4) is 0 Å². The minimum atomic E-state index is -0.0269. The van der Waals surface area contributed by atoms with Crippen molar-refractivity contribution < 1.29 is 4.79 Å². The maximum absolute atomic E-state index is 12.2. The SMILES string of the molecule is O=C(NCc1ccccc1Cl)C1CCc2nncn2C1. The Morgan fingerprint density at radius 2 is 2.30 bits per heavy atom. The van der Waals surface area contributed by atoms with Crippen LogP contribution in [0.25, 0.3) is 0 Å². The third-order valence-electron chi connectivity index (χ3n) is 3.61. The van der Waals surface area contributed by atoms with E-state index in [-0.39, 0.29) is 11.8 Å². The molecule has 1 unspecified atom stereocenters. The second-order valence-electron chi connectivity index (χ2n) is 4.94. The molecular formula is C14H15ClN4O. The lowest BCUT2D eigenvalue weighted by molar-refractivity contribution is -0.126. The van der Waals surface area contributed by atoms with E-state index in [0.717, 1.165) is 24.2 Å². The third-order valence-corrected chi connectivity index (χ3v) is 3.98. The summed E-state index contributed by atoms with van der Waals surface area (Å²) in [6, 6.07) is 7.54. The number of fused-ring (bicyclic) bond motifs is 1. The molecule has 0 saturated carbocycles. The van der Waals surface area contributed by atoms with E-state index < -0.39 is 0 Å². The zero-order chi connectivity index (χ0) is 13.9. The van der Waals surface area contributed by atoms with Gasteiger partial charge in [0.15, 0.2) is 0 Å². The molecule has 1 aromatic heterocycles. The van der Waals surface area contributed by atoms with Crippen LogP contribution in [-0.4, -0.2) is 20.7 Å². The molecule has 1 amide bonds. The number of hydrogen-bond donors (Lipinski definition) is 1. The van der Waals surface area contributed by atoms with Crippen LogP contribution >= 0.6 is 11.6 Å². The maximum Gasteiger partial charge on any atom is 0.225 e. The van der Waals surface area contributed by atoms with Crippen LogP contribution in [-0.2, 0) is 24.3 Å². The summed E-state index contributed by atoms with van der Waals surface area (Å²) in [4.78, 5) is 12.2. The average Bonchev–Trinajstić information content (AvgIpc) is 2.93. The van der Waals surface area contributed by atoms with Gasteiger partial charge in [0.25, 0.3) is 0 Å². The molecule has 20 heavy (non-hydrogen) atoms. The second-order valence-corrected chi connectivity index (χ2v) is 5.35. The summed E-state index contributed by atoms with van der Waals surface area (Å²) in [6.45, 7) is 1.11. The lowest BCUT2D eigenvalue weighted by atomic mass is 9.98. The zero-order valence-electron chi connectivity index (χ0n) is 10.9. The van der Waals surface area contributed by atoms with Crippen molar-refractivity contribution in [3.63, 3.8) is 0 Å². The van der Waals surface area contributed by atoms with Gasteiger partial charge in [0.05, 0.1) is 5.92 Å². The van der Waals surface area contributed by atoms with Crippen molar-refractivity contribution in [1.29, 1.82) is 0 Å². The smallest absolute Gasteiger partial charge is 0.225 e. The van der Waals surface area contributed by atoms with E-state index in [1.807, 2.05) is 28.8 Å². The van der Waals surface area contributed by atoms with Gasteiger partial charge < -0.3 is 9.88 Å². The first-order valence-corrected chi connectivity index (χ1v) is 6.99. The summed E-state index contributed by atoms with van der Waals surface area (Å²) in [7, 11) is 0. The first-order valence-electron chi connectivity index (χ1n) is 6.62. The van der Waals surface area contributed by atoms with Crippen LogP contribution in [0, 0.1) is 5.92 Å². The number of aryl methyl sites for hydroxylation is 1. The Kier molecular flexibility index (Phi) is 3.69. The van der Waals surface area contributed by atoms with Gasteiger partial charge in [0.1, 0.15) is 12.2 Å². The summed E-state index contributed by atoms with van der Waals surface area (Å²) >= 11 is 6.07. The van der Waals surface area contributed by atoms with Crippen molar-refractivity contribution in [3.05, 3.63) is 47.0 Å². The van der Waals surface area contributed by atoms with Gasteiger partial charge in [-0.1, -0.05) is 29.8 Å². The van der Waals surface area contributed by atoms with Gasteiger partial charge in [0.2, 0.25) is 5.91 Å². The molecule has 0 radical (unpaired) electrons. The predicted molar refractivity (Wildman–Crippen MR) is 75.1 cm³/mol. The highest BCUT2D eigenvalue weighted by molar-refractivity contribution is 6.31. The molecule has 1 aromatic carbocycles. The van der Waals surface area contributed by atoms with E-state index in [2.05, 4.69) is 15.5 Å². The van der Waals surface area contributed by atoms with Crippen LogP contribution in [0.1, 0.15) is 17.8 Å². The van der Waals surface area contributed by atoms with E-state index in [1.165, 1.54) is 0 Å². The Hall–Kier alpha value is -1.88. The largest absolute Gasteiger partial charge is 0.352 e. The molecule has 0 fully saturated rings. The van der Waals surface area contributed by atoms with E-state index >= 15 is 0 Å². The van der Waals surface area contributed by atoms with Crippen LogP contribution in [0.2, 0.25) is 5.02 Å². The predicted octanol–water partition coefficient (Wildman–Crippen LogP) is 1.81. The topological polar surface area (TPSA) is 59.8 Å². The molecular weight excluding hydrogens is 276 g/mol. The minimum absolute atomic E-state index is 0.0269. The van der Waals surface area contributed by atoms with Gasteiger partial charge in [-0.05, 0) is 18.1 Å².